The van der Waals surface area contributed by atoms with Crippen LogP contribution in [-0.4, -0.2) is 5.54 Å². The van der Waals surface area contributed by atoms with E-state index < -0.39 is 0 Å². The van der Waals surface area contributed by atoms with E-state index in [9.17, 15) is 0 Å². The number of furan rings is 1. The molecule has 0 unspecified atom stereocenters. The lowest BCUT2D eigenvalue weighted by Gasteiger charge is -2.19. The first-order valence-electron chi connectivity index (χ1n) is 7.06. The SMILES string of the molecule is CC(C)(C)NCc1coc(COCc2ccccc2Cl)c1. The molecule has 1 aromatic carbocycles. The highest BCUT2D eigenvalue weighted by Crippen LogP contribution is 2.17. The van der Waals surface area contributed by atoms with Gasteiger partial charge in [0.2, 0.25) is 0 Å². The van der Waals surface area contributed by atoms with E-state index >= 15 is 0 Å². The molecule has 0 aliphatic carbocycles. The van der Waals surface area contributed by atoms with Crippen molar-refractivity contribution >= 4 is 11.6 Å². The maximum absolute atomic E-state index is 6.08. The number of hydrogen-bond acceptors (Lipinski definition) is 3. The van der Waals surface area contributed by atoms with Crippen LogP contribution in [0.15, 0.2) is 41.0 Å². The van der Waals surface area contributed by atoms with Gasteiger partial charge in [-0.3, -0.25) is 0 Å². The molecule has 1 N–H and O–H groups in total. The molecule has 0 saturated carbocycles. The summed E-state index contributed by atoms with van der Waals surface area (Å²) in [6.07, 6.45) is 1.77. The molecular weight excluding hydrogens is 286 g/mol. The van der Waals surface area contributed by atoms with Crippen molar-refractivity contribution in [3.8, 4) is 0 Å². The zero-order valence-electron chi connectivity index (χ0n) is 12.8. The first-order valence-corrected chi connectivity index (χ1v) is 7.44. The van der Waals surface area contributed by atoms with Crippen LogP contribution in [0.1, 0.15) is 37.7 Å². The summed E-state index contributed by atoms with van der Waals surface area (Å²) in [5.74, 6) is 0.827. The summed E-state index contributed by atoms with van der Waals surface area (Å²) in [6.45, 7) is 8.14. The van der Waals surface area contributed by atoms with E-state index in [-0.39, 0.29) is 5.54 Å². The Hall–Kier alpha value is -1.29. The normalized spacial score (nSPS) is 11.8. The molecule has 114 valence electrons. The first kappa shape index (κ1) is 16.1. The Kier molecular flexibility index (Phi) is 5.45. The van der Waals surface area contributed by atoms with Crippen LogP contribution < -0.4 is 5.32 Å². The Morgan fingerprint density at radius 1 is 1.19 bits per heavy atom. The molecule has 0 amide bonds. The fraction of sp³-hybridized carbons (Fsp3) is 0.412. The van der Waals surface area contributed by atoms with Crippen molar-refractivity contribution in [2.24, 2.45) is 0 Å². The van der Waals surface area contributed by atoms with Crippen molar-refractivity contribution in [3.63, 3.8) is 0 Å². The first-order chi connectivity index (χ1) is 9.94. The Bertz CT molecular complexity index is 572. The summed E-state index contributed by atoms with van der Waals surface area (Å²) in [7, 11) is 0. The lowest BCUT2D eigenvalue weighted by atomic mass is 10.1. The predicted molar refractivity (Wildman–Crippen MR) is 85.2 cm³/mol. The van der Waals surface area contributed by atoms with Gasteiger partial charge in [0.15, 0.2) is 0 Å². The highest BCUT2D eigenvalue weighted by molar-refractivity contribution is 6.31. The predicted octanol–water partition coefficient (Wildman–Crippen LogP) is 4.54. The molecule has 1 heterocycles. The van der Waals surface area contributed by atoms with E-state index in [1.54, 1.807) is 6.26 Å². The second kappa shape index (κ2) is 7.12. The minimum Gasteiger partial charge on any atom is -0.467 e. The van der Waals surface area contributed by atoms with E-state index in [2.05, 4.69) is 26.1 Å². The molecule has 2 aromatic rings. The Morgan fingerprint density at radius 3 is 2.67 bits per heavy atom. The molecule has 0 saturated heterocycles. The summed E-state index contributed by atoms with van der Waals surface area (Å²) in [4.78, 5) is 0. The average molecular weight is 308 g/mol. The fourth-order valence-electron chi connectivity index (χ4n) is 1.84. The van der Waals surface area contributed by atoms with Gasteiger partial charge in [0, 0.05) is 22.7 Å². The van der Waals surface area contributed by atoms with Crippen LogP contribution in [0, 0.1) is 0 Å². The summed E-state index contributed by atoms with van der Waals surface area (Å²) >= 11 is 6.08. The molecule has 0 aliphatic rings. The second-order valence-electron chi connectivity index (χ2n) is 6.11. The van der Waals surface area contributed by atoms with Gasteiger partial charge in [0.25, 0.3) is 0 Å². The van der Waals surface area contributed by atoms with Gasteiger partial charge in [0.05, 0.1) is 12.9 Å². The molecule has 0 bridgehead atoms. The van der Waals surface area contributed by atoms with E-state index in [0.29, 0.717) is 13.2 Å². The van der Waals surface area contributed by atoms with Gasteiger partial charge in [0.1, 0.15) is 12.4 Å². The molecular formula is C17H22ClNO2. The Labute approximate surface area is 131 Å². The molecule has 2 rings (SSSR count). The molecule has 3 nitrogen and oxygen atoms in total. The zero-order chi connectivity index (χ0) is 15.3. The van der Waals surface area contributed by atoms with E-state index in [1.807, 2.05) is 30.3 Å². The van der Waals surface area contributed by atoms with Gasteiger partial charge in [-0.1, -0.05) is 29.8 Å². The monoisotopic (exact) mass is 307 g/mol. The van der Waals surface area contributed by atoms with Crippen molar-refractivity contribution < 1.29 is 9.15 Å². The number of nitrogens with one attached hydrogen (secondary N) is 1. The highest BCUT2D eigenvalue weighted by atomic mass is 35.5. The van der Waals surface area contributed by atoms with Gasteiger partial charge in [-0.05, 0) is 38.5 Å². The molecule has 0 atom stereocenters. The molecule has 21 heavy (non-hydrogen) atoms. The molecule has 4 heteroatoms. The topological polar surface area (TPSA) is 34.4 Å². The molecule has 0 aliphatic heterocycles. The van der Waals surface area contributed by atoms with Crippen LogP contribution in [0.5, 0.6) is 0 Å². The van der Waals surface area contributed by atoms with Gasteiger partial charge < -0.3 is 14.5 Å². The van der Waals surface area contributed by atoms with E-state index in [4.69, 9.17) is 20.8 Å². The summed E-state index contributed by atoms with van der Waals surface area (Å²) in [5.41, 5.74) is 2.21. The van der Waals surface area contributed by atoms with Crippen molar-refractivity contribution in [3.05, 3.63) is 58.5 Å². The number of halogens is 1. The third kappa shape index (κ3) is 5.54. The van der Waals surface area contributed by atoms with E-state index in [0.717, 1.165) is 28.5 Å². The fourth-order valence-corrected chi connectivity index (χ4v) is 2.03. The zero-order valence-corrected chi connectivity index (χ0v) is 13.5. The standard InChI is InChI=1S/C17H22ClNO2/c1-17(2,3)19-9-13-8-15(21-10-13)12-20-11-14-6-4-5-7-16(14)18/h4-8,10,19H,9,11-12H2,1-3H3. The van der Waals surface area contributed by atoms with Gasteiger partial charge >= 0.3 is 0 Å². The largest absolute Gasteiger partial charge is 0.467 e. The maximum Gasteiger partial charge on any atom is 0.129 e. The minimum absolute atomic E-state index is 0.0952. The van der Waals surface area contributed by atoms with Crippen LogP contribution >= 0.6 is 11.6 Å². The number of benzene rings is 1. The Morgan fingerprint density at radius 2 is 1.95 bits per heavy atom. The quantitative estimate of drug-likeness (QED) is 0.851. The van der Waals surface area contributed by atoms with Crippen molar-refractivity contribution in [1.29, 1.82) is 0 Å². The average Bonchev–Trinajstić information content (AvgIpc) is 2.86. The maximum atomic E-state index is 6.08. The van der Waals surface area contributed by atoms with Crippen molar-refractivity contribution in [1.82, 2.24) is 5.32 Å². The molecule has 0 radical (unpaired) electrons. The summed E-state index contributed by atoms with van der Waals surface area (Å²) < 4.78 is 11.1. The third-order valence-electron chi connectivity index (χ3n) is 2.99. The van der Waals surface area contributed by atoms with Crippen LogP contribution in [0.2, 0.25) is 5.02 Å². The smallest absolute Gasteiger partial charge is 0.129 e. The van der Waals surface area contributed by atoms with Gasteiger partial charge in [-0.15, -0.1) is 0 Å². The van der Waals surface area contributed by atoms with E-state index in [1.165, 1.54) is 0 Å². The lowest BCUT2D eigenvalue weighted by Crippen LogP contribution is -2.34. The van der Waals surface area contributed by atoms with Gasteiger partial charge in [-0.2, -0.15) is 0 Å². The van der Waals surface area contributed by atoms with Crippen LogP contribution in [0.25, 0.3) is 0 Å². The van der Waals surface area contributed by atoms with Crippen LogP contribution in [-0.2, 0) is 24.5 Å². The minimum atomic E-state index is 0.0952. The van der Waals surface area contributed by atoms with Crippen molar-refractivity contribution in [2.75, 3.05) is 0 Å². The lowest BCUT2D eigenvalue weighted by molar-refractivity contribution is 0.0930. The Balaban J connectivity index is 1.79. The molecule has 1 aromatic heterocycles. The molecule has 0 spiro atoms. The summed E-state index contributed by atoms with van der Waals surface area (Å²) in [5, 5.41) is 4.15. The summed E-state index contributed by atoms with van der Waals surface area (Å²) in [6, 6.07) is 9.71. The number of ether oxygens (including phenoxy) is 1. The number of rotatable bonds is 6. The van der Waals surface area contributed by atoms with Crippen LogP contribution in [0.4, 0.5) is 0 Å². The number of hydrogen-bond donors (Lipinski definition) is 1. The molecule has 0 fully saturated rings. The second-order valence-corrected chi connectivity index (χ2v) is 6.52. The van der Waals surface area contributed by atoms with Gasteiger partial charge in [-0.25, -0.2) is 0 Å². The third-order valence-corrected chi connectivity index (χ3v) is 3.36. The highest BCUT2D eigenvalue weighted by Gasteiger charge is 2.10. The van der Waals surface area contributed by atoms with Crippen molar-refractivity contribution in [2.45, 2.75) is 46.1 Å². The van der Waals surface area contributed by atoms with Crippen LogP contribution in [0.3, 0.4) is 0 Å².